The molecule has 0 aliphatic heterocycles. The van der Waals surface area contributed by atoms with E-state index in [2.05, 4.69) is 52.5 Å². The van der Waals surface area contributed by atoms with Crippen molar-refractivity contribution in [3.63, 3.8) is 0 Å². The molecule has 1 amide bonds. The van der Waals surface area contributed by atoms with E-state index in [1.807, 2.05) is 31.4 Å². The number of hydrogen-bond acceptors (Lipinski definition) is 6. The van der Waals surface area contributed by atoms with E-state index in [4.69, 9.17) is 9.47 Å². The number of aromatic nitrogens is 1. The zero-order valence-corrected chi connectivity index (χ0v) is 20.9. The van der Waals surface area contributed by atoms with Crippen LogP contribution in [0.1, 0.15) is 46.0 Å². The molecule has 7 heteroatoms. The molecule has 3 aromatic rings. The summed E-state index contributed by atoms with van der Waals surface area (Å²) in [5.74, 6) is 1.34. The van der Waals surface area contributed by atoms with E-state index in [-0.39, 0.29) is 11.9 Å². The summed E-state index contributed by atoms with van der Waals surface area (Å²) in [6.45, 7) is 8.32. The first-order valence-corrected chi connectivity index (χ1v) is 12.0. The third-order valence-electron chi connectivity index (χ3n) is 5.25. The number of methoxy groups -OCH3 is 2. The number of rotatable bonds is 11. The first-order valence-electron chi connectivity index (χ1n) is 11.1. The van der Waals surface area contributed by atoms with Crippen molar-refractivity contribution in [3.8, 4) is 11.5 Å². The van der Waals surface area contributed by atoms with Gasteiger partial charge in [0.05, 0.1) is 20.8 Å². The largest absolute Gasteiger partial charge is 0.493 e. The maximum atomic E-state index is 12.3. The predicted molar refractivity (Wildman–Crippen MR) is 133 cm³/mol. The maximum Gasteiger partial charge on any atom is 0.270 e. The van der Waals surface area contributed by atoms with Crippen LogP contribution in [0.2, 0.25) is 0 Å². The molecular weight excluding hydrogens is 434 g/mol. The molecular formula is C26H33N3O3S. The van der Waals surface area contributed by atoms with Crippen LogP contribution in [0, 0.1) is 6.92 Å². The van der Waals surface area contributed by atoms with Gasteiger partial charge in [0.1, 0.15) is 10.7 Å². The van der Waals surface area contributed by atoms with Crippen LogP contribution in [0.3, 0.4) is 0 Å². The highest BCUT2D eigenvalue weighted by Crippen LogP contribution is 2.28. The second-order valence-electron chi connectivity index (χ2n) is 8.39. The minimum atomic E-state index is -0.122. The van der Waals surface area contributed by atoms with Crippen LogP contribution >= 0.6 is 11.3 Å². The number of amides is 1. The minimum absolute atomic E-state index is 0.0853. The molecule has 0 bridgehead atoms. The third-order valence-corrected chi connectivity index (χ3v) is 6.09. The van der Waals surface area contributed by atoms with Crippen molar-refractivity contribution in [2.75, 3.05) is 20.8 Å². The summed E-state index contributed by atoms with van der Waals surface area (Å²) in [4.78, 5) is 19.3. The van der Waals surface area contributed by atoms with E-state index in [0.29, 0.717) is 12.2 Å². The Morgan fingerprint density at radius 3 is 2.39 bits per heavy atom. The normalized spacial score (nSPS) is 11.1. The Morgan fingerprint density at radius 1 is 1.03 bits per heavy atom. The fraction of sp³-hybridized carbons (Fsp3) is 0.385. The molecule has 0 saturated carbocycles. The Morgan fingerprint density at radius 2 is 1.73 bits per heavy atom. The van der Waals surface area contributed by atoms with E-state index in [1.54, 1.807) is 14.2 Å². The number of thiazole rings is 1. The number of benzene rings is 2. The van der Waals surface area contributed by atoms with Gasteiger partial charge in [0.15, 0.2) is 11.5 Å². The average Bonchev–Trinajstić information content (AvgIpc) is 3.27. The van der Waals surface area contributed by atoms with Crippen molar-refractivity contribution in [3.05, 3.63) is 75.2 Å². The Balaban J connectivity index is 1.73. The average molecular weight is 468 g/mol. The molecule has 0 spiro atoms. The summed E-state index contributed by atoms with van der Waals surface area (Å²) in [7, 11) is 3.30. The number of carbonyl (C=O) groups is 1. The molecule has 1 aromatic heterocycles. The summed E-state index contributed by atoms with van der Waals surface area (Å²) < 4.78 is 10.8. The minimum Gasteiger partial charge on any atom is -0.493 e. The second kappa shape index (κ2) is 11.8. The molecule has 1 N–H and O–H groups in total. The lowest BCUT2D eigenvalue weighted by Gasteiger charge is -2.22. The van der Waals surface area contributed by atoms with Crippen molar-refractivity contribution in [2.45, 2.75) is 46.3 Å². The highest BCUT2D eigenvalue weighted by atomic mass is 32.1. The van der Waals surface area contributed by atoms with Crippen LogP contribution in [0.15, 0.2) is 47.8 Å². The standard InChI is InChI=1S/C26H33N3O3S/c1-18(2)27-26(30)22-17-33-25(28-22)16-29(15-21-8-6-19(3)7-9-21)13-12-20-10-11-23(31-4)24(14-20)32-5/h6-11,14,17-18H,12-13,15-16H2,1-5H3,(H,27,30). The molecule has 0 radical (unpaired) electrons. The summed E-state index contributed by atoms with van der Waals surface area (Å²) in [5, 5.41) is 5.68. The van der Waals surface area contributed by atoms with Gasteiger partial charge in [-0.25, -0.2) is 4.98 Å². The molecule has 2 aromatic carbocycles. The number of nitrogens with zero attached hydrogens (tertiary/aromatic N) is 2. The van der Waals surface area contributed by atoms with Crippen LogP contribution in [0.4, 0.5) is 0 Å². The SMILES string of the molecule is COc1ccc(CCN(Cc2ccc(C)cc2)Cc2nc(C(=O)NC(C)C)cs2)cc1OC. The lowest BCUT2D eigenvalue weighted by Crippen LogP contribution is -2.30. The molecule has 1 heterocycles. The summed E-state index contributed by atoms with van der Waals surface area (Å²) in [6, 6.07) is 14.7. The number of aryl methyl sites for hydroxylation is 1. The van der Waals surface area contributed by atoms with Gasteiger partial charge in [-0.3, -0.25) is 9.69 Å². The Hall–Kier alpha value is -2.90. The van der Waals surface area contributed by atoms with Gasteiger partial charge in [-0.05, 0) is 50.5 Å². The predicted octanol–water partition coefficient (Wildman–Crippen LogP) is 4.85. The molecule has 0 fully saturated rings. The molecule has 3 rings (SSSR count). The van der Waals surface area contributed by atoms with E-state index in [9.17, 15) is 4.79 Å². The zero-order valence-electron chi connectivity index (χ0n) is 20.1. The molecule has 6 nitrogen and oxygen atoms in total. The molecule has 0 aliphatic rings. The number of ether oxygens (including phenoxy) is 2. The Labute approximate surface area is 200 Å². The fourth-order valence-electron chi connectivity index (χ4n) is 3.50. The van der Waals surface area contributed by atoms with Crippen LogP contribution in [0.5, 0.6) is 11.5 Å². The third kappa shape index (κ3) is 7.30. The van der Waals surface area contributed by atoms with E-state index in [0.717, 1.165) is 36.0 Å². The van der Waals surface area contributed by atoms with Gasteiger partial charge < -0.3 is 14.8 Å². The summed E-state index contributed by atoms with van der Waals surface area (Å²) in [6.07, 6.45) is 0.859. The number of carbonyl (C=O) groups excluding carboxylic acids is 1. The number of nitrogens with one attached hydrogen (secondary N) is 1. The van der Waals surface area contributed by atoms with Crippen LogP contribution in [-0.4, -0.2) is 42.6 Å². The lowest BCUT2D eigenvalue weighted by molar-refractivity contribution is 0.0938. The summed E-state index contributed by atoms with van der Waals surface area (Å²) >= 11 is 1.53. The van der Waals surface area contributed by atoms with Gasteiger partial charge in [-0.15, -0.1) is 11.3 Å². The first kappa shape index (κ1) is 24.7. The topological polar surface area (TPSA) is 63.7 Å². The van der Waals surface area contributed by atoms with Gasteiger partial charge in [0.25, 0.3) is 5.91 Å². The molecule has 0 aliphatic carbocycles. The highest BCUT2D eigenvalue weighted by Gasteiger charge is 2.15. The first-order chi connectivity index (χ1) is 15.9. The highest BCUT2D eigenvalue weighted by molar-refractivity contribution is 7.09. The van der Waals surface area contributed by atoms with Crippen LogP contribution < -0.4 is 14.8 Å². The second-order valence-corrected chi connectivity index (χ2v) is 9.33. The van der Waals surface area contributed by atoms with E-state index < -0.39 is 0 Å². The summed E-state index contributed by atoms with van der Waals surface area (Å²) in [5.41, 5.74) is 4.16. The smallest absolute Gasteiger partial charge is 0.270 e. The van der Waals surface area contributed by atoms with Gasteiger partial charge in [-0.1, -0.05) is 35.9 Å². The fourth-order valence-corrected chi connectivity index (χ4v) is 4.32. The van der Waals surface area contributed by atoms with Crippen molar-refractivity contribution in [1.29, 1.82) is 0 Å². The quantitative estimate of drug-likeness (QED) is 0.437. The molecule has 33 heavy (non-hydrogen) atoms. The van der Waals surface area contributed by atoms with Crippen molar-refractivity contribution < 1.29 is 14.3 Å². The molecule has 0 unspecified atom stereocenters. The molecule has 0 saturated heterocycles. The Bertz CT molecular complexity index is 1050. The van der Waals surface area contributed by atoms with Crippen LogP contribution in [-0.2, 0) is 19.5 Å². The van der Waals surface area contributed by atoms with Crippen LogP contribution in [0.25, 0.3) is 0 Å². The number of hydrogen-bond donors (Lipinski definition) is 1. The lowest BCUT2D eigenvalue weighted by atomic mass is 10.1. The van der Waals surface area contributed by atoms with Crippen molar-refractivity contribution in [2.24, 2.45) is 0 Å². The van der Waals surface area contributed by atoms with Gasteiger partial charge in [0.2, 0.25) is 0 Å². The van der Waals surface area contributed by atoms with Crippen molar-refractivity contribution in [1.82, 2.24) is 15.2 Å². The van der Waals surface area contributed by atoms with Crippen molar-refractivity contribution >= 4 is 17.2 Å². The maximum absolute atomic E-state index is 12.3. The molecule has 176 valence electrons. The van der Waals surface area contributed by atoms with E-state index in [1.165, 1.54) is 28.0 Å². The zero-order chi connectivity index (χ0) is 23.8. The molecule has 0 atom stereocenters. The van der Waals surface area contributed by atoms with Gasteiger partial charge in [0, 0.05) is 24.5 Å². The van der Waals surface area contributed by atoms with Gasteiger partial charge in [-0.2, -0.15) is 0 Å². The monoisotopic (exact) mass is 467 g/mol. The van der Waals surface area contributed by atoms with E-state index >= 15 is 0 Å². The Kier molecular flexibility index (Phi) is 8.86. The van der Waals surface area contributed by atoms with Gasteiger partial charge >= 0.3 is 0 Å².